The van der Waals surface area contributed by atoms with Gasteiger partial charge in [0, 0.05) is 12.1 Å². The number of aromatic nitrogens is 2. The van der Waals surface area contributed by atoms with Crippen LogP contribution in [0.1, 0.15) is 12.5 Å². The Hall–Kier alpha value is -2.20. The molecule has 0 amide bonds. The van der Waals surface area contributed by atoms with E-state index in [1.165, 1.54) is 17.7 Å². The minimum absolute atomic E-state index is 0.234. The lowest BCUT2D eigenvalue weighted by Gasteiger charge is -2.07. The minimum atomic E-state index is -0.234. The first-order valence-electron chi connectivity index (χ1n) is 7.18. The molecule has 0 atom stereocenters. The maximum absolute atomic E-state index is 13.4. The summed E-state index contributed by atoms with van der Waals surface area (Å²) in [5.41, 5.74) is 9.47. The Morgan fingerprint density at radius 3 is 2.57 bits per heavy atom. The van der Waals surface area contributed by atoms with E-state index in [1.807, 2.05) is 11.5 Å². The van der Waals surface area contributed by atoms with E-state index >= 15 is 0 Å². The molecule has 108 valence electrons. The number of fused-ring (bicyclic) bond motifs is 1. The number of nitrogens with zero attached hydrogens (tertiary/aromatic N) is 2. The van der Waals surface area contributed by atoms with E-state index in [2.05, 4.69) is 29.2 Å². The molecule has 0 saturated heterocycles. The molecule has 0 fully saturated rings. The highest BCUT2D eigenvalue weighted by atomic mass is 19.1. The van der Waals surface area contributed by atoms with Gasteiger partial charge in [-0.15, -0.1) is 0 Å². The molecule has 0 bridgehead atoms. The van der Waals surface area contributed by atoms with Crippen LogP contribution in [0.3, 0.4) is 0 Å². The van der Waals surface area contributed by atoms with Gasteiger partial charge in [-0.3, -0.25) is 0 Å². The second-order valence-electron chi connectivity index (χ2n) is 5.05. The van der Waals surface area contributed by atoms with Crippen molar-refractivity contribution in [1.82, 2.24) is 9.55 Å². The van der Waals surface area contributed by atoms with Gasteiger partial charge in [-0.05, 0) is 43.7 Å². The summed E-state index contributed by atoms with van der Waals surface area (Å²) in [7, 11) is 0. The van der Waals surface area contributed by atoms with Crippen molar-refractivity contribution in [3.8, 4) is 11.4 Å². The quantitative estimate of drug-likeness (QED) is 0.798. The number of halogens is 1. The first kappa shape index (κ1) is 13.8. The Bertz CT molecular complexity index is 760. The Balaban J connectivity index is 2.10. The van der Waals surface area contributed by atoms with Crippen LogP contribution in [0.2, 0.25) is 0 Å². The average molecular weight is 283 g/mol. The smallest absolute Gasteiger partial charge is 0.141 e. The molecule has 4 heteroatoms. The maximum Gasteiger partial charge on any atom is 0.141 e. The van der Waals surface area contributed by atoms with Gasteiger partial charge in [-0.2, -0.15) is 0 Å². The molecule has 1 aromatic heterocycles. The van der Waals surface area contributed by atoms with Crippen LogP contribution in [-0.2, 0) is 13.0 Å². The molecule has 0 aliphatic rings. The Morgan fingerprint density at radius 1 is 1.14 bits per heavy atom. The second-order valence-corrected chi connectivity index (χ2v) is 5.05. The van der Waals surface area contributed by atoms with Crippen LogP contribution in [-0.4, -0.2) is 16.1 Å². The van der Waals surface area contributed by atoms with Gasteiger partial charge in [0.25, 0.3) is 0 Å². The fourth-order valence-corrected chi connectivity index (χ4v) is 2.62. The molecule has 3 rings (SSSR count). The van der Waals surface area contributed by atoms with Crippen molar-refractivity contribution in [2.75, 3.05) is 6.54 Å². The number of aryl methyl sites for hydroxylation is 1. The minimum Gasteiger partial charge on any atom is -0.330 e. The molecular weight excluding hydrogens is 265 g/mol. The number of nitrogens with two attached hydrogens (primary N) is 1. The Morgan fingerprint density at radius 2 is 1.90 bits per heavy atom. The monoisotopic (exact) mass is 283 g/mol. The Kier molecular flexibility index (Phi) is 3.71. The number of rotatable bonds is 4. The van der Waals surface area contributed by atoms with Crippen molar-refractivity contribution in [1.29, 1.82) is 0 Å². The fraction of sp³-hybridized carbons (Fsp3) is 0.235. The van der Waals surface area contributed by atoms with Gasteiger partial charge < -0.3 is 10.3 Å². The summed E-state index contributed by atoms with van der Waals surface area (Å²) in [5.74, 6) is 0.638. The summed E-state index contributed by atoms with van der Waals surface area (Å²) >= 11 is 0. The lowest BCUT2D eigenvalue weighted by atomic mass is 10.1. The van der Waals surface area contributed by atoms with Gasteiger partial charge in [-0.25, -0.2) is 9.37 Å². The third-order valence-electron chi connectivity index (χ3n) is 3.67. The zero-order chi connectivity index (χ0) is 14.8. The lowest BCUT2D eigenvalue weighted by Crippen LogP contribution is -2.02. The van der Waals surface area contributed by atoms with E-state index in [4.69, 9.17) is 5.73 Å². The first-order chi connectivity index (χ1) is 10.2. The van der Waals surface area contributed by atoms with Gasteiger partial charge in [-0.1, -0.05) is 24.3 Å². The topological polar surface area (TPSA) is 43.8 Å². The van der Waals surface area contributed by atoms with Crippen LogP contribution in [0.4, 0.5) is 4.39 Å². The fourth-order valence-electron chi connectivity index (χ4n) is 2.62. The molecule has 2 N–H and O–H groups in total. The van der Waals surface area contributed by atoms with Gasteiger partial charge in [0.1, 0.15) is 11.6 Å². The van der Waals surface area contributed by atoms with Crippen molar-refractivity contribution in [2.24, 2.45) is 5.73 Å². The van der Waals surface area contributed by atoms with Crippen molar-refractivity contribution in [2.45, 2.75) is 19.9 Å². The largest absolute Gasteiger partial charge is 0.330 e. The molecule has 3 aromatic rings. The standard InChI is InChI=1S/C17H18FN3/c1-2-21-16-11-14(18)7-8-15(16)20-17(21)13-5-3-12(4-6-13)9-10-19/h3-8,11H,2,9-10,19H2,1H3. The molecule has 2 aromatic carbocycles. The summed E-state index contributed by atoms with van der Waals surface area (Å²) in [4.78, 5) is 4.64. The van der Waals surface area contributed by atoms with Gasteiger partial charge in [0.2, 0.25) is 0 Å². The molecule has 1 heterocycles. The van der Waals surface area contributed by atoms with Crippen LogP contribution < -0.4 is 5.73 Å². The number of benzene rings is 2. The summed E-state index contributed by atoms with van der Waals surface area (Å²) in [6.07, 6.45) is 0.871. The van der Waals surface area contributed by atoms with E-state index in [0.29, 0.717) is 6.54 Å². The first-order valence-corrected chi connectivity index (χ1v) is 7.18. The van der Waals surface area contributed by atoms with E-state index in [9.17, 15) is 4.39 Å². The number of hydrogen-bond donors (Lipinski definition) is 1. The molecule has 0 aliphatic heterocycles. The van der Waals surface area contributed by atoms with Crippen molar-refractivity contribution < 1.29 is 4.39 Å². The van der Waals surface area contributed by atoms with Gasteiger partial charge in [0.15, 0.2) is 0 Å². The van der Waals surface area contributed by atoms with Crippen LogP contribution in [0, 0.1) is 5.82 Å². The zero-order valence-electron chi connectivity index (χ0n) is 12.0. The van der Waals surface area contributed by atoms with Crippen LogP contribution >= 0.6 is 0 Å². The summed E-state index contributed by atoms with van der Waals surface area (Å²) in [6, 6.07) is 13.0. The maximum atomic E-state index is 13.4. The normalized spacial score (nSPS) is 11.2. The molecule has 0 saturated carbocycles. The average Bonchev–Trinajstić information content (AvgIpc) is 2.86. The SMILES string of the molecule is CCn1c(-c2ccc(CCN)cc2)nc2ccc(F)cc21. The third kappa shape index (κ3) is 2.54. The van der Waals surface area contributed by atoms with Crippen molar-refractivity contribution in [3.63, 3.8) is 0 Å². The van der Waals surface area contributed by atoms with Gasteiger partial charge >= 0.3 is 0 Å². The molecule has 3 nitrogen and oxygen atoms in total. The predicted molar refractivity (Wildman–Crippen MR) is 83.6 cm³/mol. The highest BCUT2D eigenvalue weighted by Crippen LogP contribution is 2.25. The second kappa shape index (κ2) is 5.66. The van der Waals surface area contributed by atoms with E-state index in [1.54, 1.807) is 6.07 Å². The van der Waals surface area contributed by atoms with E-state index in [-0.39, 0.29) is 5.82 Å². The van der Waals surface area contributed by atoms with Gasteiger partial charge in [0.05, 0.1) is 11.0 Å². The highest BCUT2D eigenvalue weighted by Gasteiger charge is 2.12. The molecule has 21 heavy (non-hydrogen) atoms. The molecule has 0 radical (unpaired) electrons. The zero-order valence-corrected chi connectivity index (χ0v) is 12.0. The lowest BCUT2D eigenvalue weighted by molar-refractivity contribution is 0.628. The highest BCUT2D eigenvalue weighted by molar-refractivity contribution is 5.80. The molecule has 0 spiro atoms. The predicted octanol–water partition coefficient (Wildman–Crippen LogP) is 3.36. The summed E-state index contributed by atoms with van der Waals surface area (Å²) in [5, 5.41) is 0. The summed E-state index contributed by atoms with van der Waals surface area (Å²) in [6.45, 7) is 3.43. The van der Waals surface area contributed by atoms with E-state index in [0.717, 1.165) is 35.4 Å². The Labute approximate surface area is 123 Å². The molecule has 0 aliphatic carbocycles. The van der Waals surface area contributed by atoms with Crippen LogP contribution in [0.5, 0.6) is 0 Å². The molecular formula is C17H18FN3. The van der Waals surface area contributed by atoms with Crippen molar-refractivity contribution in [3.05, 3.63) is 53.8 Å². The van der Waals surface area contributed by atoms with Crippen LogP contribution in [0.15, 0.2) is 42.5 Å². The van der Waals surface area contributed by atoms with Crippen LogP contribution in [0.25, 0.3) is 22.4 Å². The van der Waals surface area contributed by atoms with Crippen molar-refractivity contribution >= 4 is 11.0 Å². The number of imidazole rings is 1. The number of hydrogen-bond acceptors (Lipinski definition) is 2. The molecule has 0 unspecified atom stereocenters. The van der Waals surface area contributed by atoms with E-state index < -0.39 is 0 Å². The summed E-state index contributed by atoms with van der Waals surface area (Å²) < 4.78 is 15.5. The third-order valence-corrected chi connectivity index (χ3v) is 3.67.